The van der Waals surface area contributed by atoms with Crippen molar-refractivity contribution in [2.24, 2.45) is 11.8 Å². The molecule has 0 radical (unpaired) electrons. The summed E-state index contributed by atoms with van der Waals surface area (Å²) in [5.41, 5.74) is 1.70. The van der Waals surface area contributed by atoms with Gasteiger partial charge < -0.3 is 10.1 Å². The summed E-state index contributed by atoms with van der Waals surface area (Å²) in [6.45, 7) is 6.44. The average molecular weight is 448 g/mol. The molecule has 2 saturated carbocycles. The summed E-state index contributed by atoms with van der Waals surface area (Å²) in [5, 5.41) is 3.61. The molecule has 0 spiro atoms. The lowest BCUT2D eigenvalue weighted by molar-refractivity contribution is -0.197. The second-order valence-electron chi connectivity index (χ2n) is 10.6. The Kier molecular flexibility index (Phi) is 7.90. The van der Waals surface area contributed by atoms with Crippen molar-refractivity contribution in [2.45, 2.75) is 82.7 Å². The predicted molar refractivity (Wildman–Crippen MR) is 135 cm³/mol. The molecule has 3 heteroatoms. The van der Waals surface area contributed by atoms with Crippen LogP contribution in [0.3, 0.4) is 0 Å². The lowest BCUT2D eigenvalue weighted by Gasteiger charge is -2.52. The Balaban J connectivity index is 1.36. The summed E-state index contributed by atoms with van der Waals surface area (Å²) in [5.74, 6) is 1.04. The first-order valence-corrected chi connectivity index (χ1v) is 13.1. The number of nitrogens with one attached hydrogen (secondary N) is 1. The summed E-state index contributed by atoms with van der Waals surface area (Å²) >= 11 is 0. The minimum Gasteiger partial charge on any atom is -0.458 e. The van der Waals surface area contributed by atoms with Gasteiger partial charge in [0.15, 0.2) is 0 Å². The molecule has 2 aliphatic carbocycles. The van der Waals surface area contributed by atoms with Crippen molar-refractivity contribution < 1.29 is 9.53 Å². The van der Waals surface area contributed by atoms with Crippen molar-refractivity contribution in [3.05, 3.63) is 71.8 Å². The molecule has 2 aromatic carbocycles. The molecule has 1 N–H and O–H groups in total. The molecule has 3 atom stereocenters. The molecule has 2 fully saturated rings. The van der Waals surface area contributed by atoms with E-state index in [9.17, 15) is 4.79 Å². The third-order valence-corrected chi connectivity index (χ3v) is 8.26. The van der Waals surface area contributed by atoms with Crippen molar-refractivity contribution in [2.75, 3.05) is 13.1 Å². The van der Waals surface area contributed by atoms with Crippen molar-refractivity contribution in [1.82, 2.24) is 5.32 Å². The van der Waals surface area contributed by atoms with Crippen LogP contribution in [0.4, 0.5) is 0 Å². The van der Waals surface area contributed by atoms with E-state index in [1.165, 1.54) is 18.4 Å². The van der Waals surface area contributed by atoms with Gasteiger partial charge in [-0.3, -0.25) is 4.79 Å². The molecule has 3 nitrogen and oxygen atoms in total. The maximum absolute atomic E-state index is 13.8. The van der Waals surface area contributed by atoms with Gasteiger partial charge in [-0.1, -0.05) is 93.3 Å². The van der Waals surface area contributed by atoms with Crippen LogP contribution in [0.15, 0.2) is 60.7 Å². The second-order valence-corrected chi connectivity index (χ2v) is 10.6. The van der Waals surface area contributed by atoms with E-state index in [1.807, 2.05) is 6.07 Å². The Bertz CT molecular complexity index is 873. The van der Waals surface area contributed by atoms with Gasteiger partial charge in [-0.25, -0.2) is 0 Å². The minimum absolute atomic E-state index is 0.0204. The van der Waals surface area contributed by atoms with Crippen molar-refractivity contribution in [3.8, 4) is 0 Å². The number of carbonyl (C=O) groups excluding carboxylic acids is 1. The maximum Gasteiger partial charge on any atom is 0.317 e. The SMILES string of the molecule is CC1C[C@](C)(OC(=O)C2(c3ccccc3)CCCCCC2)C1CCNCCc1ccccc1. The number of rotatable bonds is 9. The topological polar surface area (TPSA) is 38.3 Å². The van der Waals surface area contributed by atoms with Gasteiger partial charge in [0.25, 0.3) is 0 Å². The van der Waals surface area contributed by atoms with Gasteiger partial charge in [-0.15, -0.1) is 0 Å². The number of ether oxygens (including phenoxy) is 1. The van der Waals surface area contributed by atoms with E-state index in [0.29, 0.717) is 11.8 Å². The van der Waals surface area contributed by atoms with Crippen LogP contribution >= 0.6 is 0 Å². The summed E-state index contributed by atoms with van der Waals surface area (Å²) in [7, 11) is 0. The predicted octanol–water partition coefficient (Wildman–Crippen LogP) is 6.46. The van der Waals surface area contributed by atoms with Crippen LogP contribution in [0.1, 0.15) is 76.3 Å². The number of benzene rings is 2. The molecular formula is C30H41NO2. The quantitative estimate of drug-likeness (QED) is 0.272. The molecule has 2 unspecified atom stereocenters. The zero-order chi connectivity index (χ0) is 23.2. The molecule has 0 heterocycles. The summed E-state index contributed by atoms with van der Waals surface area (Å²) < 4.78 is 6.47. The summed E-state index contributed by atoms with van der Waals surface area (Å²) in [4.78, 5) is 13.8. The minimum atomic E-state index is -0.474. The van der Waals surface area contributed by atoms with Crippen LogP contribution in [0.2, 0.25) is 0 Å². The lowest BCUT2D eigenvalue weighted by atomic mass is 9.61. The fourth-order valence-electron chi connectivity index (χ4n) is 6.35. The monoisotopic (exact) mass is 447 g/mol. The molecule has 0 saturated heterocycles. The summed E-state index contributed by atoms with van der Waals surface area (Å²) in [6.07, 6.45) is 9.53. The van der Waals surface area contributed by atoms with Gasteiger partial charge in [-0.05, 0) is 69.2 Å². The largest absolute Gasteiger partial charge is 0.458 e. The highest BCUT2D eigenvalue weighted by molar-refractivity contribution is 5.83. The highest BCUT2D eigenvalue weighted by atomic mass is 16.6. The average Bonchev–Trinajstić information content (AvgIpc) is 3.09. The van der Waals surface area contributed by atoms with Gasteiger partial charge >= 0.3 is 5.97 Å². The van der Waals surface area contributed by atoms with Crippen LogP contribution < -0.4 is 5.32 Å². The molecule has 0 aromatic heterocycles. The van der Waals surface area contributed by atoms with Gasteiger partial charge in [0.2, 0.25) is 0 Å². The van der Waals surface area contributed by atoms with E-state index >= 15 is 0 Å². The molecule has 0 amide bonds. The molecule has 0 bridgehead atoms. The fraction of sp³-hybridized carbons (Fsp3) is 0.567. The third kappa shape index (κ3) is 5.51. The van der Waals surface area contributed by atoms with Crippen LogP contribution in [0, 0.1) is 11.8 Å². The summed E-state index contributed by atoms with van der Waals surface area (Å²) in [6, 6.07) is 21.0. The smallest absolute Gasteiger partial charge is 0.317 e. The molecular weight excluding hydrogens is 406 g/mol. The molecule has 2 aromatic rings. The zero-order valence-electron chi connectivity index (χ0n) is 20.5. The molecule has 4 rings (SSSR count). The Morgan fingerprint density at radius 2 is 1.58 bits per heavy atom. The van der Waals surface area contributed by atoms with Crippen molar-refractivity contribution >= 4 is 5.97 Å². The highest BCUT2D eigenvalue weighted by Gasteiger charge is 2.53. The van der Waals surface area contributed by atoms with Crippen LogP contribution in [0.25, 0.3) is 0 Å². The van der Waals surface area contributed by atoms with Crippen LogP contribution in [-0.2, 0) is 21.4 Å². The lowest BCUT2D eigenvalue weighted by Crippen LogP contribution is -2.56. The number of hydrogen-bond donors (Lipinski definition) is 1. The van der Waals surface area contributed by atoms with E-state index in [-0.39, 0.29) is 11.6 Å². The number of carbonyl (C=O) groups is 1. The third-order valence-electron chi connectivity index (χ3n) is 8.26. The molecule has 0 aliphatic heterocycles. The zero-order valence-corrected chi connectivity index (χ0v) is 20.5. The molecule has 2 aliphatic rings. The van der Waals surface area contributed by atoms with E-state index in [4.69, 9.17) is 4.74 Å². The Hall–Kier alpha value is -2.13. The fourth-order valence-corrected chi connectivity index (χ4v) is 6.35. The van der Waals surface area contributed by atoms with E-state index in [0.717, 1.165) is 63.6 Å². The van der Waals surface area contributed by atoms with E-state index in [1.54, 1.807) is 0 Å². The highest BCUT2D eigenvalue weighted by Crippen LogP contribution is 2.50. The van der Waals surface area contributed by atoms with E-state index in [2.05, 4.69) is 73.8 Å². The van der Waals surface area contributed by atoms with Gasteiger partial charge in [0.1, 0.15) is 5.60 Å². The van der Waals surface area contributed by atoms with Crippen LogP contribution in [0.5, 0.6) is 0 Å². The standard InChI is InChI=1S/C30H41NO2/c1-24-23-29(2,27(24)18-22-31-21-17-25-13-7-5-8-14-25)33-28(32)30(19-11-3-4-12-20-30)26-15-9-6-10-16-26/h5-10,13-16,24,27,31H,3-4,11-12,17-23H2,1-2H3/t24?,27?,29-/m0/s1. The first-order valence-electron chi connectivity index (χ1n) is 13.1. The first kappa shape index (κ1) is 24.0. The number of hydrogen-bond acceptors (Lipinski definition) is 3. The first-order chi connectivity index (χ1) is 16.0. The molecule has 33 heavy (non-hydrogen) atoms. The van der Waals surface area contributed by atoms with Crippen LogP contribution in [-0.4, -0.2) is 24.7 Å². The van der Waals surface area contributed by atoms with Gasteiger partial charge in [0, 0.05) is 5.92 Å². The van der Waals surface area contributed by atoms with Crippen molar-refractivity contribution in [1.29, 1.82) is 0 Å². The Morgan fingerprint density at radius 3 is 2.21 bits per heavy atom. The molecule has 178 valence electrons. The van der Waals surface area contributed by atoms with Gasteiger partial charge in [-0.2, -0.15) is 0 Å². The number of esters is 1. The second kappa shape index (κ2) is 10.9. The Morgan fingerprint density at radius 1 is 0.939 bits per heavy atom. The van der Waals surface area contributed by atoms with Crippen molar-refractivity contribution in [3.63, 3.8) is 0 Å². The van der Waals surface area contributed by atoms with E-state index < -0.39 is 5.41 Å². The van der Waals surface area contributed by atoms with Gasteiger partial charge in [0.05, 0.1) is 5.41 Å². The maximum atomic E-state index is 13.8. The normalized spacial score (nSPS) is 26.7. The Labute approximate surface area is 200 Å².